The molecular formula is C23H12F6O3. The zero-order chi connectivity index (χ0) is 23.2. The second kappa shape index (κ2) is 8.07. The van der Waals surface area contributed by atoms with Gasteiger partial charge in [-0.25, -0.2) is 26.3 Å². The lowest BCUT2D eigenvalue weighted by molar-refractivity contribution is 0.101. The van der Waals surface area contributed by atoms with Crippen LogP contribution in [0.25, 0.3) is 6.08 Å². The number of Topliss-reactive ketones (excluding diaryl/α,β-unsaturated/α-hetero) is 1. The van der Waals surface area contributed by atoms with Gasteiger partial charge in [-0.05, 0) is 42.8 Å². The van der Waals surface area contributed by atoms with Gasteiger partial charge in [0.05, 0.1) is 11.1 Å². The van der Waals surface area contributed by atoms with Gasteiger partial charge >= 0.3 is 0 Å². The number of halogens is 6. The Labute approximate surface area is 177 Å². The number of allylic oxidation sites excluding steroid dienone is 1. The number of carbonyl (C=O) groups is 1. The Hall–Kier alpha value is -3.75. The van der Waals surface area contributed by atoms with Crippen molar-refractivity contribution in [1.82, 2.24) is 0 Å². The third-order valence-electron chi connectivity index (χ3n) is 4.86. The van der Waals surface area contributed by atoms with Crippen LogP contribution >= 0.6 is 0 Å². The van der Waals surface area contributed by atoms with Crippen LogP contribution in [0.15, 0.2) is 42.2 Å². The van der Waals surface area contributed by atoms with Gasteiger partial charge in [-0.1, -0.05) is 12.1 Å². The third kappa shape index (κ3) is 3.59. The van der Waals surface area contributed by atoms with E-state index in [-0.39, 0.29) is 28.4 Å². The van der Waals surface area contributed by atoms with Gasteiger partial charge in [0.2, 0.25) is 11.6 Å². The molecule has 3 nitrogen and oxygen atoms in total. The number of hydrogen-bond acceptors (Lipinski definition) is 3. The third-order valence-corrected chi connectivity index (χ3v) is 4.86. The van der Waals surface area contributed by atoms with E-state index in [4.69, 9.17) is 9.47 Å². The summed E-state index contributed by atoms with van der Waals surface area (Å²) in [6.07, 6.45) is 1.35. The number of fused-ring (bicyclic) bond motifs is 1. The fourth-order valence-corrected chi connectivity index (χ4v) is 3.20. The van der Waals surface area contributed by atoms with Crippen LogP contribution in [0.1, 0.15) is 27.0 Å². The summed E-state index contributed by atoms with van der Waals surface area (Å²) in [7, 11) is 0. The largest absolute Gasteiger partial charge is 0.488 e. The molecule has 0 spiro atoms. The predicted octanol–water partition coefficient (Wildman–Crippen LogP) is 6.02. The minimum atomic E-state index is -2.26. The van der Waals surface area contributed by atoms with Crippen LogP contribution in [0.5, 0.6) is 11.5 Å². The first kappa shape index (κ1) is 21.5. The zero-order valence-corrected chi connectivity index (χ0v) is 16.2. The van der Waals surface area contributed by atoms with Crippen molar-refractivity contribution in [3.63, 3.8) is 0 Å². The van der Waals surface area contributed by atoms with Crippen molar-refractivity contribution in [3.05, 3.63) is 99.3 Å². The average molecular weight is 450 g/mol. The van der Waals surface area contributed by atoms with Crippen LogP contribution in [0.4, 0.5) is 26.3 Å². The summed E-state index contributed by atoms with van der Waals surface area (Å²) < 4.78 is 91.9. The highest BCUT2D eigenvalue weighted by Gasteiger charge is 2.31. The molecule has 1 aliphatic heterocycles. The van der Waals surface area contributed by atoms with Crippen molar-refractivity contribution in [3.8, 4) is 11.5 Å². The molecule has 0 aromatic heterocycles. The van der Waals surface area contributed by atoms with Gasteiger partial charge in [0.15, 0.2) is 29.0 Å². The Morgan fingerprint density at radius 2 is 1.56 bits per heavy atom. The lowest BCUT2D eigenvalue weighted by Gasteiger charge is -2.13. The number of carbonyl (C=O) groups excluding carboxylic acids is 1. The fraction of sp³-hybridized carbons (Fsp3) is 0.0870. The van der Waals surface area contributed by atoms with E-state index < -0.39 is 52.9 Å². The van der Waals surface area contributed by atoms with Gasteiger partial charge in [-0.15, -0.1) is 0 Å². The first-order chi connectivity index (χ1) is 15.2. The second-order valence-electron chi connectivity index (χ2n) is 6.90. The molecule has 0 unspecified atom stereocenters. The highest BCUT2D eigenvalue weighted by atomic mass is 19.2. The number of ketones is 1. The highest BCUT2D eigenvalue weighted by molar-refractivity contribution is 6.14. The van der Waals surface area contributed by atoms with Crippen LogP contribution in [-0.4, -0.2) is 5.78 Å². The second-order valence-corrected chi connectivity index (χ2v) is 6.90. The molecule has 4 rings (SSSR count). The summed E-state index contributed by atoms with van der Waals surface area (Å²) in [6.45, 7) is 0.538. The topological polar surface area (TPSA) is 35.5 Å². The summed E-state index contributed by atoms with van der Waals surface area (Å²) in [6, 6.07) is 8.13. The summed E-state index contributed by atoms with van der Waals surface area (Å²) >= 11 is 0. The van der Waals surface area contributed by atoms with Gasteiger partial charge in [0.25, 0.3) is 0 Å². The Kier molecular flexibility index (Phi) is 5.41. The smallest absolute Gasteiger partial charge is 0.231 e. The first-order valence-corrected chi connectivity index (χ1v) is 9.15. The van der Waals surface area contributed by atoms with Gasteiger partial charge in [-0.3, -0.25) is 4.79 Å². The van der Waals surface area contributed by atoms with Crippen LogP contribution < -0.4 is 9.47 Å². The summed E-state index contributed by atoms with van der Waals surface area (Å²) in [4.78, 5) is 12.6. The van der Waals surface area contributed by atoms with Crippen LogP contribution in [0, 0.1) is 41.8 Å². The maximum Gasteiger partial charge on any atom is 0.231 e. The summed E-state index contributed by atoms with van der Waals surface area (Å²) in [5.74, 6) is -11.3. The molecule has 1 heterocycles. The molecule has 0 bridgehead atoms. The first-order valence-electron chi connectivity index (χ1n) is 9.15. The van der Waals surface area contributed by atoms with Crippen LogP contribution in [0.2, 0.25) is 0 Å². The number of rotatable bonds is 4. The Morgan fingerprint density at radius 3 is 2.22 bits per heavy atom. The van der Waals surface area contributed by atoms with Crippen LogP contribution in [0.3, 0.4) is 0 Å². The molecule has 0 radical (unpaired) electrons. The number of hydrogen-bond donors (Lipinski definition) is 0. The minimum absolute atomic E-state index is 0.00694. The van der Waals surface area contributed by atoms with E-state index in [2.05, 4.69) is 0 Å². The molecule has 0 N–H and O–H groups in total. The van der Waals surface area contributed by atoms with Crippen molar-refractivity contribution in [2.45, 2.75) is 13.5 Å². The lowest BCUT2D eigenvalue weighted by Crippen LogP contribution is -2.10. The fourth-order valence-electron chi connectivity index (χ4n) is 3.20. The zero-order valence-electron chi connectivity index (χ0n) is 16.2. The molecule has 9 heteroatoms. The van der Waals surface area contributed by atoms with E-state index in [1.807, 2.05) is 0 Å². The average Bonchev–Trinajstić information content (AvgIpc) is 3.08. The van der Waals surface area contributed by atoms with Crippen molar-refractivity contribution in [1.29, 1.82) is 0 Å². The van der Waals surface area contributed by atoms with Gasteiger partial charge in [0.1, 0.15) is 23.9 Å². The highest BCUT2D eigenvalue weighted by Crippen LogP contribution is 2.39. The van der Waals surface area contributed by atoms with Gasteiger partial charge in [-0.2, -0.15) is 0 Å². The predicted molar refractivity (Wildman–Crippen MR) is 101 cm³/mol. The molecule has 0 amide bonds. The maximum atomic E-state index is 13.9. The van der Waals surface area contributed by atoms with Crippen molar-refractivity contribution < 1.29 is 40.6 Å². The van der Waals surface area contributed by atoms with Crippen LogP contribution in [-0.2, 0) is 6.61 Å². The normalized spacial score (nSPS) is 14.0. The standard InChI is InChI=1S/C23H12F6O3/c1-10-15(31-9-14-17(25)19(27)21(29)20(28)18(14)26)6-5-13-22(30)16(32-23(10)13)8-11-3-2-4-12(24)7-11/h2-8H,9H2,1H3/b16-8-. The molecule has 0 atom stereocenters. The van der Waals surface area contributed by atoms with E-state index in [1.165, 1.54) is 43.3 Å². The number of ether oxygens (including phenoxy) is 2. The van der Waals surface area contributed by atoms with Crippen molar-refractivity contribution in [2.24, 2.45) is 0 Å². The van der Waals surface area contributed by atoms with Gasteiger partial charge < -0.3 is 9.47 Å². The molecule has 0 aliphatic carbocycles. The number of benzene rings is 3. The van der Waals surface area contributed by atoms with Crippen molar-refractivity contribution in [2.75, 3.05) is 0 Å². The maximum absolute atomic E-state index is 13.9. The van der Waals surface area contributed by atoms with E-state index in [1.54, 1.807) is 6.07 Å². The molecule has 32 heavy (non-hydrogen) atoms. The summed E-state index contributed by atoms with van der Waals surface area (Å²) in [5.41, 5.74) is -0.303. The molecular weight excluding hydrogens is 438 g/mol. The SMILES string of the molecule is Cc1c(OCc2c(F)c(F)c(F)c(F)c2F)ccc2c1O/C(=C\c1cccc(F)c1)C2=O. The van der Waals surface area contributed by atoms with Gasteiger partial charge in [0, 0.05) is 5.56 Å². The Balaban J connectivity index is 1.62. The van der Waals surface area contributed by atoms with E-state index in [9.17, 15) is 31.1 Å². The van der Waals surface area contributed by atoms with E-state index >= 15 is 0 Å². The molecule has 3 aromatic carbocycles. The molecule has 0 saturated carbocycles. The minimum Gasteiger partial charge on any atom is -0.488 e. The monoisotopic (exact) mass is 450 g/mol. The molecule has 0 fully saturated rings. The molecule has 0 saturated heterocycles. The van der Waals surface area contributed by atoms with E-state index in [0.29, 0.717) is 5.56 Å². The van der Waals surface area contributed by atoms with Crippen molar-refractivity contribution >= 4 is 11.9 Å². The molecule has 3 aromatic rings. The quantitative estimate of drug-likeness (QED) is 0.211. The lowest BCUT2D eigenvalue weighted by atomic mass is 10.1. The molecule has 164 valence electrons. The summed E-state index contributed by atoms with van der Waals surface area (Å²) in [5, 5.41) is 0. The van der Waals surface area contributed by atoms with E-state index in [0.717, 1.165) is 0 Å². The Bertz CT molecular complexity index is 1270. The molecule has 1 aliphatic rings. The Morgan fingerprint density at radius 1 is 0.906 bits per heavy atom.